The zero-order valence-electron chi connectivity index (χ0n) is 13.7. The number of hydrogen-bond acceptors (Lipinski definition) is 5. The largest absolute Gasteiger partial charge is 0.324 e. The summed E-state index contributed by atoms with van der Waals surface area (Å²) >= 11 is 1.30. The third kappa shape index (κ3) is 5.09. The maximum atomic E-state index is 13.4. The third-order valence-electron chi connectivity index (χ3n) is 3.04. The number of hydrogen-bond donors (Lipinski definition) is 2. The van der Waals surface area contributed by atoms with Gasteiger partial charge in [-0.1, -0.05) is 44.2 Å². The van der Waals surface area contributed by atoms with Crippen molar-refractivity contribution in [1.82, 2.24) is 10.2 Å². The lowest BCUT2D eigenvalue weighted by atomic mass is 9.98. The highest BCUT2D eigenvalue weighted by Crippen LogP contribution is 2.27. The molecule has 0 atom stereocenters. The van der Waals surface area contributed by atoms with Crippen molar-refractivity contribution in [1.29, 1.82) is 0 Å². The molecule has 2 rings (SSSR count). The Morgan fingerprint density at radius 1 is 1.08 bits per heavy atom. The van der Waals surface area contributed by atoms with E-state index in [4.69, 9.17) is 0 Å². The van der Waals surface area contributed by atoms with Gasteiger partial charge in [-0.25, -0.2) is 4.39 Å². The van der Waals surface area contributed by atoms with Gasteiger partial charge in [0.1, 0.15) is 10.8 Å². The molecule has 0 unspecified atom stereocenters. The van der Waals surface area contributed by atoms with Crippen LogP contribution in [-0.4, -0.2) is 22.0 Å². The number of halogens is 1. The van der Waals surface area contributed by atoms with E-state index in [0.29, 0.717) is 5.13 Å². The number of nitrogens with one attached hydrogen (secondary N) is 2. The molecule has 6 nitrogen and oxygen atoms in total. The molecule has 2 amide bonds. The van der Waals surface area contributed by atoms with Gasteiger partial charge in [0.15, 0.2) is 0 Å². The van der Waals surface area contributed by atoms with Gasteiger partial charge in [0.25, 0.3) is 0 Å². The minimum absolute atomic E-state index is 0.0231. The van der Waals surface area contributed by atoms with Crippen molar-refractivity contribution in [3.8, 4) is 0 Å². The van der Waals surface area contributed by atoms with E-state index in [2.05, 4.69) is 20.8 Å². The van der Waals surface area contributed by atoms with Crippen LogP contribution in [0.1, 0.15) is 38.6 Å². The lowest BCUT2D eigenvalue weighted by Gasteiger charge is -2.12. The molecule has 24 heavy (non-hydrogen) atoms. The highest BCUT2D eigenvalue weighted by atomic mass is 32.1. The van der Waals surface area contributed by atoms with Crippen LogP contribution < -0.4 is 10.6 Å². The molecule has 0 saturated heterocycles. The van der Waals surface area contributed by atoms with E-state index in [1.54, 1.807) is 6.07 Å². The summed E-state index contributed by atoms with van der Waals surface area (Å²) in [6.45, 7) is 6.02. The quantitative estimate of drug-likeness (QED) is 0.866. The summed E-state index contributed by atoms with van der Waals surface area (Å²) < 4.78 is 13.4. The van der Waals surface area contributed by atoms with Crippen LogP contribution in [-0.2, 0) is 15.0 Å². The molecule has 0 saturated carbocycles. The second kappa shape index (κ2) is 7.48. The van der Waals surface area contributed by atoms with Crippen LogP contribution in [0, 0.1) is 5.82 Å². The number of rotatable bonds is 5. The summed E-state index contributed by atoms with van der Waals surface area (Å²) in [4.78, 5) is 23.6. The molecular formula is C16H19FN4O2S. The molecule has 1 aromatic carbocycles. The van der Waals surface area contributed by atoms with Gasteiger partial charge in [0, 0.05) is 18.3 Å². The minimum Gasteiger partial charge on any atom is -0.324 e. The van der Waals surface area contributed by atoms with Crippen LogP contribution in [0.2, 0.25) is 0 Å². The number of nitrogens with zero attached hydrogens (tertiary/aromatic N) is 2. The van der Waals surface area contributed by atoms with Gasteiger partial charge < -0.3 is 10.6 Å². The summed E-state index contributed by atoms with van der Waals surface area (Å²) in [5.41, 5.74) is -0.0397. The predicted octanol–water partition coefficient (Wildman–Crippen LogP) is 3.33. The molecule has 2 N–H and O–H groups in total. The maximum absolute atomic E-state index is 13.4. The van der Waals surface area contributed by atoms with E-state index in [1.165, 1.54) is 29.5 Å². The maximum Gasteiger partial charge on any atom is 0.226 e. The number of para-hydroxylation sites is 1. The topological polar surface area (TPSA) is 84.0 Å². The molecule has 1 aromatic heterocycles. The normalized spacial score (nSPS) is 11.2. The molecule has 128 valence electrons. The van der Waals surface area contributed by atoms with Crippen LogP contribution in [0.4, 0.5) is 15.2 Å². The van der Waals surface area contributed by atoms with Gasteiger partial charge in [-0.05, 0) is 12.1 Å². The fraction of sp³-hybridized carbons (Fsp3) is 0.375. The summed E-state index contributed by atoms with van der Waals surface area (Å²) in [7, 11) is 0. The average Bonchev–Trinajstić information content (AvgIpc) is 2.96. The summed E-state index contributed by atoms with van der Waals surface area (Å²) in [6, 6.07) is 5.87. The van der Waals surface area contributed by atoms with E-state index < -0.39 is 11.7 Å². The Balaban J connectivity index is 1.82. The van der Waals surface area contributed by atoms with Crippen molar-refractivity contribution in [3.63, 3.8) is 0 Å². The monoisotopic (exact) mass is 350 g/mol. The molecule has 8 heteroatoms. The summed E-state index contributed by atoms with van der Waals surface area (Å²) in [6.07, 6.45) is -0.0736. The first-order valence-corrected chi connectivity index (χ1v) is 8.25. The molecule has 0 fully saturated rings. The molecule has 0 aliphatic rings. The molecule has 0 radical (unpaired) electrons. The van der Waals surface area contributed by atoms with Crippen LogP contribution in [0.3, 0.4) is 0 Å². The van der Waals surface area contributed by atoms with Gasteiger partial charge in [0.2, 0.25) is 16.9 Å². The fourth-order valence-corrected chi connectivity index (χ4v) is 2.58. The molecule has 2 aromatic rings. The smallest absolute Gasteiger partial charge is 0.226 e. The Hall–Kier alpha value is -2.35. The molecular weight excluding hydrogens is 331 g/mol. The second-order valence-electron chi connectivity index (χ2n) is 6.24. The number of anilines is 2. The molecule has 1 heterocycles. The Morgan fingerprint density at radius 3 is 2.29 bits per heavy atom. The number of benzene rings is 1. The Kier molecular flexibility index (Phi) is 5.61. The zero-order valence-corrected chi connectivity index (χ0v) is 14.5. The fourth-order valence-electron chi connectivity index (χ4n) is 1.76. The number of aromatic nitrogens is 2. The van der Waals surface area contributed by atoms with Crippen LogP contribution >= 0.6 is 11.3 Å². The number of carbonyl (C=O) groups excluding carboxylic acids is 2. The SMILES string of the molecule is CC(C)(C)c1nnc(NC(=O)CCC(=O)Nc2ccccc2F)s1. The van der Waals surface area contributed by atoms with Gasteiger partial charge in [-0.2, -0.15) is 0 Å². The minimum atomic E-state index is -0.515. The summed E-state index contributed by atoms with van der Waals surface area (Å²) in [5, 5.41) is 14.2. The number of carbonyl (C=O) groups is 2. The molecule has 0 aliphatic heterocycles. The van der Waals surface area contributed by atoms with Crippen molar-refractivity contribution < 1.29 is 14.0 Å². The van der Waals surface area contributed by atoms with Gasteiger partial charge in [-0.3, -0.25) is 9.59 Å². The molecule has 0 bridgehead atoms. The lowest BCUT2D eigenvalue weighted by molar-refractivity contribution is -0.121. The Bertz CT molecular complexity index is 740. The predicted molar refractivity (Wildman–Crippen MR) is 91.5 cm³/mol. The Labute approximate surface area is 143 Å². The van der Waals surface area contributed by atoms with Crippen LogP contribution in [0.15, 0.2) is 24.3 Å². The van der Waals surface area contributed by atoms with Crippen molar-refractivity contribution >= 4 is 34.0 Å². The van der Waals surface area contributed by atoms with Crippen molar-refractivity contribution in [3.05, 3.63) is 35.1 Å². The van der Waals surface area contributed by atoms with E-state index in [9.17, 15) is 14.0 Å². The van der Waals surface area contributed by atoms with Crippen molar-refractivity contribution in [2.45, 2.75) is 39.0 Å². The van der Waals surface area contributed by atoms with Crippen molar-refractivity contribution in [2.75, 3.05) is 10.6 Å². The van der Waals surface area contributed by atoms with Crippen molar-refractivity contribution in [2.24, 2.45) is 0 Å². The first-order chi connectivity index (χ1) is 11.3. The standard InChI is InChI=1S/C16H19FN4O2S/c1-16(2,3)14-20-21-15(24-14)19-13(23)9-8-12(22)18-11-7-5-4-6-10(11)17/h4-7H,8-9H2,1-3H3,(H,18,22)(H,19,21,23). The van der Waals surface area contributed by atoms with Gasteiger partial charge in [-0.15, -0.1) is 10.2 Å². The third-order valence-corrected chi connectivity index (χ3v) is 4.30. The zero-order chi connectivity index (χ0) is 17.7. The van der Waals surface area contributed by atoms with Crippen LogP contribution in [0.25, 0.3) is 0 Å². The van der Waals surface area contributed by atoms with E-state index >= 15 is 0 Å². The first-order valence-electron chi connectivity index (χ1n) is 7.44. The highest BCUT2D eigenvalue weighted by molar-refractivity contribution is 7.15. The first kappa shape index (κ1) is 18.0. The average molecular weight is 350 g/mol. The van der Waals surface area contributed by atoms with E-state index in [-0.39, 0.29) is 29.9 Å². The Morgan fingerprint density at radius 2 is 1.71 bits per heavy atom. The lowest BCUT2D eigenvalue weighted by Crippen LogP contribution is -2.17. The van der Waals surface area contributed by atoms with Gasteiger partial charge in [0.05, 0.1) is 5.69 Å². The van der Waals surface area contributed by atoms with E-state index in [1.807, 2.05) is 20.8 Å². The van der Waals surface area contributed by atoms with Gasteiger partial charge >= 0.3 is 0 Å². The second-order valence-corrected chi connectivity index (χ2v) is 7.22. The van der Waals surface area contributed by atoms with Crippen LogP contribution in [0.5, 0.6) is 0 Å². The molecule has 0 aliphatic carbocycles. The molecule has 0 spiro atoms. The van der Waals surface area contributed by atoms with E-state index in [0.717, 1.165) is 5.01 Å². The number of amides is 2. The highest BCUT2D eigenvalue weighted by Gasteiger charge is 2.20. The summed E-state index contributed by atoms with van der Waals surface area (Å²) in [5.74, 6) is -1.28.